The molecule has 6 aromatic carbocycles. The van der Waals surface area contributed by atoms with E-state index in [1.54, 1.807) is 0 Å². The molecule has 0 amide bonds. The van der Waals surface area contributed by atoms with Gasteiger partial charge in [-0.05, 0) is 0 Å². The van der Waals surface area contributed by atoms with Crippen LogP contribution in [0.5, 0.6) is 0 Å². The van der Waals surface area contributed by atoms with Gasteiger partial charge in [0.25, 0.3) is 0 Å². The van der Waals surface area contributed by atoms with E-state index in [1.807, 2.05) is 182 Å². The van der Waals surface area contributed by atoms with Gasteiger partial charge in [-0.1, -0.05) is 0 Å². The second kappa shape index (κ2) is 12.7. The van der Waals surface area contributed by atoms with E-state index in [0.717, 1.165) is 46.2 Å². The molecule has 228 valence electrons. The first kappa shape index (κ1) is 30.8. The maximum absolute atomic E-state index is 15.0. The minimum atomic E-state index is -6.23. The van der Waals surface area contributed by atoms with Crippen LogP contribution in [0.3, 0.4) is 0 Å². The van der Waals surface area contributed by atoms with Gasteiger partial charge < -0.3 is 0 Å². The van der Waals surface area contributed by atoms with Crippen LogP contribution in [0.4, 0.5) is 0 Å². The first-order valence-corrected chi connectivity index (χ1v) is 29.6. The standard InChI is InChI=1S/2C18H15P.3CHO.Ir/c2*1-4-10-16(11-5-1)19(17-12-6-2-7-13-17)18-14-8-3-9-15-18;3*1-2;/h2*1-15H;3*1H;/q;;;;;-2/p+2. The van der Waals surface area contributed by atoms with Gasteiger partial charge in [-0.3, -0.25) is 0 Å². The molecule has 0 N–H and O–H groups in total. The minimum absolute atomic E-state index is 0.880. The zero-order valence-electron chi connectivity index (χ0n) is 24.6. The van der Waals surface area contributed by atoms with Crippen molar-refractivity contribution in [3.8, 4) is 0 Å². The molecule has 0 bridgehead atoms. The van der Waals surface area contributed by atoms with Gasteiger partial charge in [0.15, 0.2) is 0 Å². The molecule has 0 aliphatic rings. The number of hydrogen-bond acceptors (Lipinski definition) is 3. The van der Waals surface area contributed by atoms with Gasteiger partial charge >= 0.3 is 267 Å². The molecule has 0 radical (unpaired) electrons. The molecule has 0 aromatic heterocycles. The van der Waals surface area contributed by atoms with Crippen molar-refractivity contribution in [1.82, 2.24) is 0 Å². The van der Waals surface area contributed by atoms with Gasteiger partial charge in [-0.25, -0.2) is 0 Å². The molecular formula is C39H35IrO3P2. The summed E-state index contributed by atoms with van der Waals surface area (Å²) in [5, 5.41) is 5.28. The number of hydrogen-bond donors (Lipinski definition) is 0. The molecule has 3 nitrogen and oxygen atoms in total. The van der Waals surface area contributed by atoms with Crippen molar-refractivity contribution >= 4 is 57.2 Å². The molecular weight excluding hydrogens is 771 g/mol. The van der Waals surface area contributed by atoms with E-state index in [9.17, 15) is 0 Å². The van der Waals surface area contributed by atoms with Crippen LogP contribution >= 0.6 is 11.0 Å². The Labute approximate surface area is 265 Å². The van der Waals surface area contributed by atoms with Crippen LogP contribution in [-0.2, 0) is 27.5 Å². The van der Waals surface area contributed by atoms with Gasteiger partial charge in [-0.15, -0.1) is 0 Å². The maximum atomic E-state index is 15.0. The molecule has 0 saturated carbocycles. The normalized spacial score (nSPS) is 13.5. The number of carbonyl (C=O) groups is 3. The van der Waals surface area contributed by atoms with E-state index in [2.05, 4.69) is 0 Å². The fourth-order valence-electron chi connectivity index (χ4n) is 6.85. The Morgan fingerprint density at radius 1 is 0.289 bits per heavy atom. The Kier molecular flexibility index (Phi) is 8.69. The molecule has 0 unspecified atom stereocenters. The Morgan fingerprint density at radius 2 is 0.444 bits per heavy atom. The van der Waals surface area contributed by atoms with Crippen LogP contribution in [0.25, 0.3) is 0 Å². The van der Waals surface area contributed by atoms with Crippen molar-refractivity contribution in [1.29, 1.82) is 0 Å². The van der Waals surface area contributed by atoms with Crippen molar-refractivity contribution in [2.75, 3.05) is 0 Å². The topological polar surface area (TPSA) is 51.2 Å². The average Bonchev–Trinajstić information content (AvgIpc) is 3.14. The summed E-state index contributed by atoms with van der Waals surface area (Å²) in [4.78, 5) is 47.9. The first-order valence-electron chi connectivity index (χ1n) is 14.6. The molecule has 6 rings (SSSR count). The van der Waals surface area contributed by atoms with Gasteiger partial charge in [0.05, 0.1) is 0 Å². The zero-order valence-corrected chi connectivity index (χ0v) is 29.0. The summed E-state index contributed by atoms with van der Waals surface area (Å²) in [6.45, 7) is 0. The van der Waals surface area contributed by atoms with Gasteiger partial charge in [-0.2, -0.15) is 0 Å². The Morgan fingerprint density at radius 3 is 0.578 bits per heavy atom. The van der Waals surface area contributed by atoms with Crippen LogP contribution in [0.15, 0.2) is 182 Å². The molecule has 0 aliphatic heterocycles. The Balaban J connectivity index is 2.04. The summed E-state index contributed by atoms with van der Waals surface area (Å²) in [5.74, 6) is 0. The van der Waals surface area contributed by atoms with Crippen molar-refractivity contribution < 1.29 is 27.5 Å². The van der Waals surface area contributed by atoms with E-state index < -0.39 is 24.1 Å². The summed E-state index contributed by atoms with van der Waals surface area (Å²) in [5.41, 5.74) is -7.78. The molecule has 45 heavy (non-hydrogen) atoms. The third kappa shape index (κ3) is 4.25. The van der Waals surface area contributed by atoms with E-state index in [4.69, 9.17) is 0 Å². The quantitative estimate of drug-likeness (QED) is 0.128. The first-order chi connectivity index (χ1) is 22.1. The van der Waals surface area contributed by atoms with Gasteiger partial charge in [0.2, 0.25) is 0 Å². The van der Waals surface area contributed by atoms with Crippen molar-refractivity contribution in [3.05, 3.63) is 182 Å². The number of rotatable bonds is 11. The molecule has 0 atom stereocenters. The molecule has 0 spiro atoms. The summed E-state index contributed by atoms with van der Waals surface area (Å²) in [6.07, 6.45) is 0. The average molecular weight is 806 g/mol. The van der Waals surface area contributed by atoms with Gasteiger partial charge in [0, 0.05) is 0 Å². The molecule has 0 saturated heterocycles. The summed E-state index contributed by atoms with van der Waals surface area (Å²) >= 11 is -6.23. The third-order valence-corrected chi connectivity index (χ3v) is 73.7. The monoisotopic (exact) mass is 806 g/mol. The fourth-order valence-corrected chi connectivity index (χ4v) is 86.7. The molecule has 0 aliphatic carbocycles. The Bertz CT molecular complexity index is 1560. The molecule has 0 fully saturated rings. The third-order valence-electron chi connectivity index (χ3n) is 8.58. The van der Waals surface area contributed by atoms with Crippen LogP contribution in [0.1, 0.15) is 0 Å². The second-order valence-electron chi connectivity index (χ2n) is 10.7. The number of benzene rings is 6. The summed E-state index contributed by atoms with van der Waals surface area (Å²) < 4.78 is 0. The predicted molar refractivity (Wildman–Crippen MR) is 193 cm³/mol. The van der Waals surface area contributed by atoms with E-state index in [1.165, 1.54) is 0 Å². The van der Waals surface area contributed by atoms with Crippen LogP contribution in [-0.4, -0.2) is 14.4 Å². The SMILES string of the molecule is O=[CH][Ir]([CH]=O)([CH]=O)([PH](c1ccccc1)(c1ccccc1)c1ccccc1)[PH](c1ccccc1)(c1ccccc1)c1ccccc1. The Hall–Kier alpha value is -4.16. The van der Waals surface area contributed by atoms with Crippen molar-refractivity contribution in [2.45, 2.75) is 0 Å². The second-order valence-corrected chi connectivity index (χ2v) is 51.2. The van der Waals surface area contributed by atoms with Crippen LogP contribution in [0.2, 0.25) is 0 Å². The van der Waals surface area contributed by atoms with Crippen LogP contribution < -0.4 is 31.8 Å². The van der Waals surface area contributed by atoms with E-state index >= 15 is 14.4 Å². The molecule has 6 aromatic rings. The predicted octanol–water partition coefficient (Wildman–Crippen LogP) is 5.53. The van der Waals surface area contributed by atoms with Gasteiger partial charge in [0.1, 0.15) is 0 Å². The van der Waals surface area contributed by atoms with Crippen molar-refractivity contribution in [3.63, 3.8) is 0 Å². The van der Waals surface area contributed by atoms with E-state index in [0.29, 0.717) is 0 Å². The summed E-state index contributed by atoms with van der Waals surface area (Å²) in [6, 6.07) is 59.6. The molecule has 0 heterocycles. The van der Waals surface area contributed by atoms with Crippen LogP contribution in [0, 0.1) is 0 Å². The fraction of sp³-hybridized carbons (Fsp3) is 0. The van der Waals surface area contributed by atoms with Crippen molar-refractivity contribution in [2.24, 2.45) is 0 Å². The zero-order chi connectivity index (χ0) is 31.2. The molecule has 6 heteroatoms. The van der Waals surface area contributed by atoms with E-state index in [-0.39, 0.29) is 0 Å². The summed E-state index contributed by atoms with van der Waals surface area (Å²) in [7, 11) is 0. The number of carbonyl (C=O) groups excluding carboxylic acids is 3.